The number of anilines is 1. The minimum atomic E-state index is 0.906. The Hall–Kier alpha value is -1.88. The van der Waals surface area contributed by atoms with Gasteiger partial charge < -0.3 is 10.2 Å². The molecule has 0 bridgehead atoms. The van der Waals surface area contributed by atoms with Crippen LogP contribution >= 0.6 is 0 Å². The van der Waals surface area contributed by atoms with Gasteiger partial charge in [0.1, 0.15) is 5.82 Å². The predicted molar refractivity (Wildman–Crippen MR) is 75.3 cm³/mol. The Morgan fingerprint density at radius 2 is 2.05 bits per heavy atom. The van der Waals surface area contributed by atoms with Gasteiger partial charge in [0.25, 0.3) is 0 Å². The van der Waals surface area contributed by atoms with Crippen LogP contribution in [0.25, 0.3) is 11.2 Å². The maximum Gasteiger partial charge on any atom is 0.154 e. The van der Waals surface area contributed by atoms with Crippen molar-refractivity contribution in [3.8, 4) is 0 Å². The average molecular weight is 255 g/mol. The van der Waals surface area contributed by atoms with Gasteiger partial charge in [-0.05, 0) is 30.5 Å². The van der Waals surface area contributed by atoms with Gasteiger partial charge in [0.05, 0.1) is 11.9 Å². The molecule has 98 valence electrons. The molecule has 2 aromatic rings. The van der Waals surface area contributed by atoms with E-state index in [2.05, 4.69) is 33.4 Å². The summed E-state index contributed by atoms with van der Waals surface area (Å²) in [6.07, 6.45) is 6.68. The zero-order valence-electron chi connectivity index (χ0n) is 10.8. The second-order valence-corrected chi connectivity index (χ2v) is 5.16. The molecule has 5 heteroatoms. The Kier molecular flexibility index (Phi) is 2.51. The van der Waals surface area contributed by atoms with Crippen LogP contribution in [-0.4, -0.2) is 40.8 Å². The molecule has 0 atom stereocenters. The summed E-state index contributed by atoms with van der Waals surface area (Å²) >= 11 is 0. The van der Waals surface area contributed by atoms with Gasteiger partial charge in [0.2, 0.25) is 0 Å². The molecule has 4 heterocycles. The molecule has 1 fully saturated rings. The van der Waals surface area contributed by atoms with E-state index in [1.54, 1.807) is 0 Å². The van der Waals surface area contributed by atoms with Crippen molar-refractivity contribution in [2.75, 3.05) is 31.1 Å². The monoisotopic (exact) mass is 255 g/mol. The first-order valence-electron chi connectivity index (χ1n) is 6.92. The number of imidazole rings is 1. The fourth-order valence-corrected chi connectivity index (χ4v) is 2.87. The van der Waals surface area contributed by atoms with Gasteiger partial charge in [-0.3, -0.25) is 0 Å². The molecule has 0 radical (unpaired) electrons. The molecular weight excluding hydrogens is 238 g/mol. The third kappa shape index (κ3) is 1.81. The van der Waals surface area contributed by atoms with Crippen molar-refractivity contribution >= 4 is 17.0 Å². The summed E-state index contributed by atoms with van der Waals surface area (Å²) in [6.45, 7) is 4.08. The molecule has 0 saturated carbocycles. The molecule has 2 aliphatic rings. The number of hydrogen-bond acceptors (Lipinski definition) is 4. The van der Waals surface area contributed by atoms with E-state index in [1.165, 1.54) is 18.4 Å². The Labute approximate surface area is 111 Å². The van der Waals surface area contributed by atoms with Gasteiger partial charge in [0.15, 0.2) is 5.65 Å². The quantitative estimate of drug-likeness (QED) is 0.879. The van der Waals surface area contributed by atoms with Crippen molar-refractivity contribution in [1.29, 1.82) is 0 Å². The maximum absolute atomic E-state index is 4.77. The molecule has 0 unspecified atom stereocenters. The van der Waals surface area contributed by atoms with Crippen LogP contribution in [0.4, 0.5) is 5.82 Å². The highest BCUT2D eigenvalue weighted by Gasteiger charge is 2.17. The molecule has 0 spiro atoms. The second kappa shape index (κ2) is 4.35. The number of nitrogens with zero attached hydrogens (tertiary/aromatic N) is 4. The molecule has 1 N–H and O–H groups in total. The van der Waals surface area contributed by atoms with E-state index in [4.69, 9.17) is 5.10 Å². The van der Waals surface area contributed by atoms with Crippen LogP contribution < -0.4 is 10.2 Å². The van der Waals surface area contributed by atoms with Crippen molar-refractivity contribution in [3.05, 3.63) is 30.1 Å². The highest BCUT2D eigenvalue weighted by molar-refractivity contribution is 5.68. The van der Waals surface area contributed by atoms with E-state index in [9.17, 15) is 0 Å². The van der Waals surface area contributed by atoms with E-state index in [-0.39, 0.29) is 0 Å². The van der Waals surface area contributed by atoms with E-state index in [1.807, 2.05) is 10.7 Å². The van der Waals surface area contributed by atoms with Gasteiger partial charge in [-0.1, -0.05) is 6.08 Å². The van der Waals surface area contributed by atoms with Gasteiger partial charge in [0, 0.05) is 26.2 Å². The van der Waals surface area contributed by atoms with E-state index in [0.29, 0.717) is 0 Å². The normalized spacial score (nSPS) is 19.4. The lowest BCUT2D eigenvalue weighted by atomic mass is 10.2. The largest absolute Gasteiger partial charge is 0.355 e. The molecule has 1 saturated heterocycles. The van der Waals surface area contributed by atoms with Crippen LogP contribution in [0.15, 0.2) is 24.4 Å². The van der Waals surface area contributed by atoms with Gasteiger partial charge in [-0.15, -0.1) is 5.10 Å². The van der Waals surface area contributed by atoms with Crippen molar-refractivity contribution in [1.82, 2.24) is 19.9 Å². The first-order valence-corrected chi connectivity index (χ1v) is 6.92. The number of rotatable bonds is 2. The van der Waals surface area contributed by atoms with E-state index >= 15 is 0 Å². The van der Waals surface area contributed by atoms with Crippen molar-refractivity contribution in [2.24, 2.45) is 0 Å². The number of fused-ring (bicyclic) bond motifs is 1. The van der Waals surface area contributed by atoms with Crippen molar-refractivity contribution in [2.45, 2.75) is 12.8 Å². The molecule has 19 heavy (non-hydrogen) atoms. The lowest BCUT2D eigenvalue weighted by Gasteiger charge is -2.16. The summed E-state index contributed by atoms with van der Waals surface area (Å²) in [5.74, 6) is 1.07. The zero-order valence-corrected chi connectivity index (χ0v) is 10.8. The van der Waals surface area contributed by atoms with Crippen LogP contribution in [0.5, 0.6) is 0 Å². The van der Waals surface area contributed by atoms with E-state index < -0.39 is 0 Å². The fourth-order valence-electron chi connectivity index (χ4n) is 2.87. The van der Waals surface area contributed by atoms with Gasteiger partial charge >= 0.3 is 0 Å². The van der Waals surface area contributed by atoms with Gasteiger partial charge in [-0.25, -0.2) is 9.50 Å². The lowest BCUT2D eigenvalue weighted by molar-refractivity contribution is 0.847. The minimum absolute atomic E-state index is 0.906. The molecular formula is C14H17N5. The summed E-state index contributed by atoms with van der Waals surface area (Å²) in [6, 6.07) is 4.14. The molecule has 0 aliphatic carbocycles. The van der Waals surface area contributed by atoms with Crippen LogP contribution in [0.2, 0.25) is 0 Å². The topological polar surface area (TPSA) is 45.5 Å². The summed E-state index contributed by atoms with van der Waals surface area (Å²) in [5, 5.41) is 8.10. The number of hydrogen-bond donors (Lipinski definition) is 1. The predicted octanol–water partition coefficient (Wildman–Crippen LogP) is 1.32. The summed E-state index contributed by atoms with van der Waals surface area (Å²) < 4.78 is 1.98. The molecule has 5 nitrogen and oxygen atoms in total. The number of aromatic nitrogens is 3. The first-order chi connectivity index (χ1) is 9.42. The summed E-state index contributed by atoms with van der Waals surface area (Å²) in [5.41, 5.74) is 3.32. The third-order valence-electron chi connectivity index (χ3n) is 3.92. The Balaban J connectivity index is 1.80. The van der Waals surface area contributed by atoms with Crippen LogP contribution in [0, 0.1) is 0 Å². The molecule has 0 amide bonds. The summed E-state index contributed by atoms with van der Waals surface area (Å²) in [4.78, 5) is 6.80. The van der Waals surface area contributed by atoms with Crippen molar-refractivity contribution < 1.29 is 0 Å². The van der Waals surface area contributed by atoms with Crippen LogP contribution in [0.3, 0.4) is 0 Å². The maximum atomic E-state index is 4.77. The smallest absolute Gasteiger partial charge is 0.154 e. The Bertz CT molecular complexity index is 636. The lowest BCUT2D eigenvalue weighted by Crippen LogP contribution is -2.20. The highest BCUT2D eigenvalue weighted by atomic mass is 15.3. The first kappa shape index (κ1) is 11.0. The van der Waals surface area contributed by atoms with Crippen molar-refractivity contribution in [3.63, 3.8) is 0 Å². The van der Waals surface area contributed by atoms with Crippen LogP contribution in [0.1, 0.15) is 18.5 Å². The Morgan fingerprint density at radius 3 is 2.84 bits per heavy atom. The zero-order chi connectivity index (χ0) is 12.7. The van der Waals surface area contributed by atoms with E-state index in [0.717, 1.165) is 43.3 Å². The third-order valence-corrected chi connectivity index (χ3v) is 3.92. The molecule has 0 aromatic carbocycles. The highest BCUT2D eigenvalue weighted by Crippen LogP contribution is 2.21. The fraction of sp³-hybridized carbons (Fsp3) is 0.429. The van der Waals surface area contributed by atoms with Crippen LogP contribution in [-0.2, 0) is 0 Å². The van der Waals surface area contributed by atoms with Gasteiger partial charge in [-0.2, -0.15) is 0 Å². The standard InChI is InChI=1S/C14H17N5/c1-2-8-18(7-1)14-4-3-13-16-10-12(19(13)17-14)11-5-6-15-9-11/h3-5,10,15H,1-2,6-9H2. The minimum Gasteiger partial charge on any atom is -0.355 e. The molecule has 2 aromatic heterocycles. The SMILES string of the molecule is C1=C(c2cnc3ccc(N4CCCC4)nn23)CNC1. The Morgan fingerprint density at radius 1 is 1.16 bits per heavy atom. The average Bonchev–Trinajstić information content (AvgIpc) is 3.18. The molecule has 2 aliphatic heterocycles. The number of nitrogens with one attached hydrogen (secondary N) is 1. The molecule has 4 rings (SSSR count). The second-order valence-electron chi connectivity index (χ2n) is 5.16. The summed E-state index contributed by atoms with van der Waals surface area (Å²) in [7, 11) is 0.